The van der Waals surface area contributed by atoms with Crippen molar-refractivity contribution in [1.82, 2.24) is 4.31 Å². The average Bonchev–Trinajstić information content (AvgIpc) is 2.39. The Bertz CT molecular complexity index is 339. The topological polar surface area (TPSA) is 72.6 Å². The van der Waals surface area contributed by atoms with E-state index in [9.17, 15) is 8.42 Å². The maximum atomic E-state index is 12.5. The first-order valence-corrected chi connectivity index (χ1v) is 7.95. The van der Waals surface area contributed by atoms with Crippen LogP contribution in [0, 0.1) is 0 Å². The van der Waals surface area contributed by atoms with Gasteiger partial charge in [0.25, 0.3) is 0 Å². The molecule has 2 saturated heterocycles. The minimum absolute atomic E-state index is 0.00400. The molecule has 2 unspecified atom stereocenters. The van der Waals surface area contributed by atoms with Gasteiger partial charge in [-0.05, 0) is 25.7 Å². The summed E-state index contributed by atoms with van der Waals surface area (Å²) >= 11 is 0. The number of piperidine rings is 1. The molecule has 2 heterocycles. The molecule has 5 nitrogen and oxygen atoms in total. The van der Waals surface area contributed by atoms with Crippen LogP contribution in [-0.2, 0) is 14.8 Å². The average molecular weight is 262 g/mol. The summed E-state index contributed by atoms with van der Waals surface area (Å²) in [6, 6.07) is -0.00400. The lowest BCUT2D eigenvalue weighted by atomic mass is 10.1. The highest BCUT2D eigenvalue weighted by molar-refractivity contribution is 7.89. The van der Waals surface area contributed by atoms with E-state index in [1.165, 1.54) is 0 Å². The van der Waals surface area contributed by atoms with Crippen molar-refractivity contribution in [3.63, 3.8) is 0 Å². The molecule has 2 N–H and O–H groups in total. The second-order valence-electron chi connectivity index (χ2n) is 4.88. The van der Waals surface area contributed by atoms with Crippen molar-refractivity contribution < 1.29 is 13.2 Å². The van der Waals surface area contributed by atoms with Crippen molar-refractivity contribution in [2.24, 2.45) is 5.73 Å². The van der Waals surface area contributed by atoms with Gasteiger partial charge in [0.1, 0.15) is 0 Å². The fourth-order valence-corrected chi connectivity index (χ4v) is 4.79. The van der Waals surface area contributed by atoms with E-state index in [2.05, 4.69) is 0 Å². The normalized spacial score (nSPS) is 32.5. The van der Waals surface area contributed by atoms with Crippen LogP contribution in [0.1, 0.15) is 32.1 Å². The molecule has 0 saturated carbocycles. The zero-order valence-corrected chi connectivity index (χ0v) is 11.0. The van der Waals surface area contributed by atoms with E-state index in [0.29, 0.717) is 26.3 Å². The maximum Gasteiger partial charge on any atom is 0.219 e. The van der Waals surface area contributed by atoms with Crippen molar-refractivity contribution in [3.8, 4) is 0 Å². The Morgan fingerprint density at radius 3 is 2.71 bits per heavy atom. The van der Waals surface area contributed by atoms with Gasteiger partial charge in [0, 0.05) is 25.7 Å². The van der Waals surface area contributed by atoms with E-state index in [0.717, 1.165) is 32.1 Å². The van der Waals surface area contributed by atoms with E-state index in [4.69, 9.17) is 10.5 Å². The van der Waals surface area contributed by atoms with Crippen molar-refractivity contribution in [3.05, 3.63) is 0 Å². The van der Waals surface area contributed by atoms with E-state index in [1.54, 1.807) is 4.31 Å². The quantitative estimate of drug-likeness (QED) is 0.794. The molecule has 17 heavy (non-hydrogen) atoms. The van der Waals surface area contributed by atoms with Gasteiger partial charge in [0.15, 0.2) is 0 Å². The number of rotatable bonds is 3. The van der Waals surface area contributed by atoms with Crippen LogP contribution in [0.5, 0.6) is 0 Å². The highest BCUT2D eigenvalue weighted by Crippen LogP contribution is 2.25. The van der Waals surface area contributed by atoms with Crippen LogP contribution in [0.15, 0.2) is 0 Å². The van der Waals surface area contributed by atoms with Crippen LogP contribution in [0.2, 0.25) is 0 Å². The summed E-state index contributed by atoms with van der Waals surface area (Å²) in [5.41, 5.74) is 5.68. The van der Waals surface area contributed by atoms with Crippen LogP contribution in [-0.4, -0.2) is 50.3 Å². The summed E-state index contributed by atoms with van der Waals surface area (Å²) in [4.78, 5) is 0. The predicted molar refractivity (Wildman–Crippen MR) is 66.2 cm³/mol. The van der Waals surface area contributed by atoms with Crippen LogP contribution in [0.3, 0.4) is 0 Å². The van der Waals surface area contributed by atoms with E-state index in [-0.39, 0.29) is 11.3 Å². The van der Waals surface area contributed by atoms with Gasteiger partial charge >= 0.3 is 0 Å². The summed E-state index contributed by atoms with van der Waals surface area (Å²) in [7, 11) is -3.22. The molecule has 2 aliphatic rings. The van der Waals surface area contributed by atoms with Crippen molar-refractivity contribution in [1.29, 1.82) is 0 Å². The van der Waals surface area contributed by atoms with Gasteiger partial charge in [0.2, 0.25) is 10.0 Å². The zero-order valence-electron chi connectivity index (χ0n) is 10.2. The first-order valence-electron chi connectivity index (χ1n) is 6.44. The second-order valence-corrected chi connectivity index (χ2v) is 7.05. The van der Waals surface area contributed by atoms with E-state index < -0.39 is 10.0 Å². The molecule has 100 valence electrons. The standard InChI is InChI=1S/C11H22N2O3S/c12-8-10-4-1-2-6-13(10)17(14,15)11-5-3-7-16-9-11/h10-11H,1-9,12H2. The third-order valence-electron chi connectivity index (χ3n) is 3.71. The van der Waals surface area contributed by atoms with Gasteiger partial charge in [-0.3, -0.25) is 0 Å². The second kappa shape index (κ2) is 5.65. The highest BCUT2D eigenvalue weighted by Gasteiger charge is 2.38. The summed E-state index contributed by atoms with van der Waals surface area (Å²) in [5.74, 6) is 0. The maximum absolute atomic E-state index is 12.5. The molecule has 0 aromatic carbocycles. The Hall–Kier alpha value is -0.170. The Kier molecular flexibility index (Phi) is 4.41. The van der Waals surface area contributed by atoms with Gasteiger partial charge in [-0.1, -0.05) is 6.42 Å². The fraction of sp³-hybridized carbons (Fsp3) is 1.00. The van der Waals surface area contributed by atoms with Gasteiger partial charge < -0.3 is 10.5 Å². The smallest absolute Gasteiger partial charge is 0.219 e. The van der Waals surface area contributed by atoms with E-state index >= 15 is 0 Å². The molecule has 0 amide bonds. The molecule has 2 fully saturated rings. The Morgan fingerprint density at radius 1 is 1.24 bits per heavy atom. The molecule has 6 heteroatoms. The fourth-order valence-electron chi connectivity index (χ4n) is 2.68. The third-order valence-corrected chi connectivity index (χ3v) is 6.06. The number of nitrogens with two attached hydrogens (primary N) is 1. The van der Waals surface area contributed by atoms with Gasteiger partial charge in [-0.15, -0.1) is 0 Å². The summed E-state index contributed by atoms with van der Waals surface area (Å²) < 4.78 is 31.9. The Labute approximate surface area is 103 Å². The molecule has 0 radical (unpaired) electrons. The Morgan fingerprint density at radius 2 is 2.06 bits per heavy atom. The molecule has 2 rings (SSSR count). The first kappa shape index (κ1) is 13.3. The largest absolute Gasteiger partial charge is 0.380 e. The molecule has 2 aliphatic heterocycles. The minimum Gasteiger partial charge on any atom is -0.380 e. The number of hydrogen-bond acceptors (Lipinski definition) is 4. The summed E-state index contributed by atoms with van der Waals surface area (Å²) in [6.07, 6.45) is 4.48. The molecule has 0 aromatic rings. The van der Waals surface area contributed by atoms with Crippen LogP contribution in [0.4, 0.5) is 0 Å². The SMILES string of the molecule is NCC1CCCCN1S(=O)(=O)C1CCCOC1. The molecule has 0 aliphatic carbocycles. The van der Waals surface area contributed by atoms with Crippen molar-refractivity contribution >= 4 is 10.0 Å². The van der Waals surface area contributed by atoms with Gasteiger partial charge in [0.05, 0.1) is 11.9 Å². The monoisotopic (exact) mass is 262 g/mol. The molecule has 0 bridgehead atoms. The molecular weight excluding hydrogens is 240 g/mol. The molecule has 2 atom stereocenters. The first-order chi connectivity index (χ1) is 8.16. The summed E-state index contributed by atoms with van der Waals surface area (Å²) in [5, 5.41) is -0.358. The van der Waals surface area contributed by atoms with Crippen molar-refractivity contribution in [2.45, 2.75) is 43.4 Å². The number of nitrogens with zero attached hydrogens (tertiary/aromatic N) is 1. The highest BCUT2D eigenvalue weighted by atomic mass is 32.2. The van der Waals surface area contributed by atoms with Crippen LogP contribution in [0.25, 0.3) is 0 Å². The van der Waals surface area contributed by atoms with Gasteiger partial charge in [-0.2, -0.15) is 4.31 Å². The molecule has 0 aromatic heterocycles. The number of ether oxygens (including phenoxy) is 1. The van der Waals surface area contributed by atoms with E-state index in [1.807, 2.05) is 0 Å². The third kappa shape index (κ3) is 2.81. The Balaban J connectivity index is 2.11. The predicted octanol–water partition coefficient (Wildman–Crippen LogP) is 0.308. The van der Waals surface area contributed by atoms with Gasteiger partial charge in [-0.25, -0.2) is 8.42 Å². The number of hydrogen-bond donors (Lipinski definition) is 1. The summed E-state index contributed by atoms with van der Waals surface area (Å²) in [6.45, 7) is 2.08. The van der Waals surface area contributed by atoms with Crippen LogP contribution >= 0.6 is 0 Å². The zero-order chi connectivity index (χ0) is 12.3. The lowest BCUT2D eigenvalue weighted by Gasteiger charge is -2.37. The van der Waals surface area contributed by atoms with Crippen LogP contribution < -0.4 is 5.73 Å². The van der Waals surface area contributed by atoms with Crippen molar-refractivity contribution in [2.75, 3.05) is 26.3 Å². The lowest BCUT2D eigenvalue weighted by molar-refractivity contribution is 0.0962. The number of sulfonamides is 1. The molecule has 0 spiro atoms. The lowest BCUT2D eigenvalue weighted by Crippen LogP contribution is -2.52. The molecular formula is C11H22N2O3S. The minimum atomic E-state index is -3.22.